The van der Waals surface area contributed by atoms with Gasteiger partial charge in [-0.15, -0.1) is 17.8 Å². The molecule has 0 aliphatic heterocycles. The van der Waals surface area contributed by atoms with Crippen LogP contribution in [0.1, 0.15) is 20.8 Å². The first-order valence-electron chi connectivity index (χ1n) is 10.0. The second-order valence-electron chi connectivity index (χ2n) is 7.19. The number of carbonyl (C=O) groups excluding carboxylic acids is 2. The van der Waals surface area contributed by atoms with Crippen LogP contribution in [0.2, 0.25) is 0 Å². The predicted octanol–water partition coefficient (Wildman–Crippen LogP) is 2.96. The smallest absolute Gasteiger partial charge is 0.254 e. The molecule has 0 saturated heterocycles. The zero-order valence-corrected chi connectivity index (χ0v) is 19.6. The summed E-state index contributed by atoms with van der Waals surface area (Å²) in [6, 6.07) is 16.3. The maximum atomic E-state index is 12.7. The molecule has 0 radical (unpaired) electrons. The summed E-state index contributed by atoms with van der Waals surface area (Å²) in [5, 5.41) is 4.64. The summed E-state index contributed by atoms with van der Waals surface area (Å²) in [4.78, 5) is 27.4. The molecule has 2 N–H and O–H groups in total. The average molecular weight is 482 g/mol. The Balaban J connectivity index is 1.56. The molecule has 0 atom stereocenters. The molecule has 3 rings (SSSR count). The number of sulfonamides is 1. The van der Waals surface area contributed by atoms with E-state index in [9.17, 15) is 18.0 Å². The highest BCUT2D eigenvalue weighted by Crippen LogP contribution is 2.14. The molecular formula is C24H23N3O4S2. The van der Waals surface area contributed by atoms with Crippen LogP contribution in [0.15, 0.2) is 70.9 Å². The van der Waals surface area contributed by atoms with Crippen molar-refractivity contribution in [3.8, 4) is 12.3 Å². The van der Waals surface area contributed by atoms with E-state index < -0.39 is 15.9 Å². The van der Waals surface area contributed by atoms with E-state index in [1.54, 1.807) is 35.6 Å². The van der Waals surface area contributed by atoms with Crippen LogP contribution in [0.25, 0.3) is 0 Å². The number of benzene rings is 2. The topological polar surface area (TPSA) is 95.6 Å². The second-order valence-corrected chi connectivity index (χ2v) is 9.99. The Morgan fingerprint density at radius 1 is 1.09 bits per heavy atom. The molecule has 0 fully saturated rings. The summed E-state index contributed by atoms with van der Waals surface area (Å²) < 4.78 is 27.5. The largest absolute Gasteiger partial charge is 0.332 e. The lowest BCUT2D eigenvalue weighted by Crippen LogP contribution is -2.35. The molecule has 7 nitrogen and oxygen atoms in total. The van der Waals surface area contributed by atoms with Crippen molar-refractivity contribution in [2.75, 3.05) is 25.5 Å². The van der Waals surface area contributed by atoms with Crippen LogP contribution < -0.4 is 10.0 Å². The third kappa shape index (κ3) is 6.76. The van der Waals surface area contributed by atoms with Crippen molar-refractivity contribution < 1.29 is 18.0 Å². The highest BCUT2D eigenvalue weighted by Gasteiger charge is 2.18. The summed E-state index contributed by atoms with van der Waals surface area (Å²) in [7, 11) is -2.19. The quantitative estimate of drug-likeness (QED) is 0.460. The van der Waals surface area contributed by atoms with Crippen molar-refractivity contribution in [3.05, 3.63) is 82.0 Å². The van der Waals surface area contributed by atoms with E-state index >= 15 is 0 Å². The Morgan fingerprint density at radius 2 is 1.85 bits per heavy atom. The van der Waals surface area contributed by atoms with E-state index in [0.717, 1.165) is 4.88 Å². The third-order valence-electron chi connectivity index (χ3n) is 4.70. The first kappa shape index (κ1) is 24.2. The first-order chi connectivity index (χ1) is 15.8. The normalized spacial score (nSPS) is 10.9. The number of rotatable bonds is 9. The van der Waals surface area contributed by atoms with Gasteiger partial charge in [-0.2, -0.15) is 0 Å². The van der Waals surface area contributed by atoms with Crippen LogP contribution in [0.4, 0.5) is 5.69 Å². The molecule has 9 heteroatoms. The fourth-order valence-corrected chi connectivity index (χ4v) is 4.76. The number of hydrogen-bond donors (Lipinski definition) is 2. The van der Waals surface area contributed by atoms with Crippen molar-refractivity contribution in [2.45, 2.75) is 11.3 Å². The van der Waals surface area contributed by atoms with Gasteiger partial charge >= 0.3 is 0 Å². The van der Waals surface area contributed by atoms with E-state index in [4.69, 9.17) is 6.42 Å². The van der Waals surface area contributed by atoms with E-state index in [1.165, 1.54) is 36.2 Å². The molecule has 0 aliphatic rings. The Bertz CT molecular complexity index is 1260. The minimum absolute atomic E-state index is 0.0685. The molecular weight excluding hydrogens is 458 g/mol. The van der Waals surface area contributed by atoms with Crippen LogP contribution in [0.3, 0.4) is 0 Å². The SMILES string of the molecule is C#Cc1cccc(NC(=O)CN(C)C(=O)c2ccc(S(=O)(=O)NCCc3cccs3)cc2)c1. The first-order valence-corrected chi connectivity index (χ1v) is 12.4. The molecule has 0 bridgehead atoms. The van der Waals surface area contributed by atoms with Gasteiger partial charge in [0.25, 0.3) is 5.91 Å². The number of terminal acetylenes is 1. The van der Waals surface area contributed by atoms with Gasteiger partial charge in [-0.25, -0.2) is 13.1 Å². The van der Waals surface area contributed by atoms with Gasteiger partial charge in [0.2, 0.25) is 15.9 Å². The summed E-state index contributed by atoms with van der Waals surface area (Å²) in [5.41, 5.74) is 1.45. The Hall–Kier alpha value is -3.45. The Morgan fingerprint density at radius 3 is 2.52 bits per heavy atom. The monoisotopic (exact) mass is 481 g/mol. The van der Waals surface area contributed by atoms with E-state index in [2.05, 4.69) is 16.0 Å². The zero-order chi connectivity index (χ0) is 23.8. The number of anilines is 1. The lowest BCUT2D eigenvalue weighted by Gasteiger charge is -2.17. The Kier molecular flexibility index (Phi) is 8.01. The molecule has 1 aromatic heterocycles. The molecule has 0 unspecified atom stereocenters. The minimum Gasteiger partial charge on any atom is -0.332 e. The fraction of sp³-hybridized carbons (Fsp3) is 0.167. The number of hydrogen-bond acceptors (Lipinski definition) is 5. The van der Waals surface area contributed by atoms with Crippen molar-refractivity contribution in [2.24, 2.45) is 0 Å². The third-order valence-corrected chi connectivity index (χ3v) is 7.11. The predicted molar refractivity (Wildman–Crippen MR) is 130 cm³/mol. The van der Waals surface area contributed by atoms with Crippen molar-refractivity contribution in [3.63, 3.8) is 0 Å². The average Bonchev–Trinajstić information content (AvgIpc) is 3.32. The van der Waals surface area contributed by atoms with Gasteiger partial charge in [-0.05, 0) is 60.3 Å². The van der Waals surface area contributed by atoms with Gasteiger partial charge in [-0.1, -0.05) is 18.1 Å². The maximum Gasteiger partial charge on any atom is 0.254 e. The van der Waals surface area contributed by atoms with Crippen LogP contribution in [0.5, 0.6) is 0 Å². The lowest BCUT2D eigenvalue weighted by molar-refractivity contribution is -0.116. The van der Waals surface area contributed by atoms with Crippen molar-refractivity contribution in [1.29, 1.82) is 0 Å². The van der Waals surface area contributed by atoms with E-state index in [0.29, 0.717) is 17.7 Å². The van der Waals surface area contributed by atoms with Gasteiger partial charge in [0.15, 0.2) is 0 Å². The number of likely N-dealkylation sites (N-methyl/N-ethyl adjacent to an activating group) is 1. The van der Waals surface area contributed by atoms with Gasteiger partial charge in [0.1, 0.15) is 0 Å². The minimum atomic E-state index is -3.68. The standard InChI is InChI=1S/C24H23N3O4S2/c1-3-18-6-4-7-20(16-18)26-23(28)17-27(2)24(29)19-9-11-22(12-10-19)33(30,31)25-14-13-21-8-5-15-32-21/h1,4-12,15-16,25H,13-14,17H2,2H3,(H,26,28). The molecule has 3 aromatic rings. The van der Waals surface area contributed by atoms with E-state index in [-0.39, 0.29) is 29.5 Å². The molecule has 1 heterocycles. The van der Waals surface area contributed by atoms with Gasteiger partial charge in [-0.3, -0.25) is 9.59 Å². The highest BCUT2D eigenvalue weighted by atomic mass is 32.2. The van der Waals surface area contributed by atoms with Crippen LogP contribution in [-0.4, -0.2) is 45.3 Å². The maximum absolute atomic E-state index is 12.7. The summed E-state index contributed by atoms with van der Waals surface area (Å²) >= 11 is 1.57. The van der Waals surface area contributed by atoms with Crippen LogP contribution in [-0.2, 0) is 21.2 Å². The zero-order valence-electron chi connectivity index (χ0n) is 17.9. The second kappa shape index (κ2) is 10.9. The van der Waals surface area contributed by atoms with Crippen molar-refractivity contribution in [1.82, 2.24) is 9.62 Å². The molecule has 2 aromatic carbocycles. The van der Waals surface area contributed by atoms with Gasteiger partial charge in [0.05, 0.1) is 11.4 Å². The van der Waals surface area contributed by atoms with Crippen molar-refractivity contribution >= 4 is 38.9 Å². The van der Waals surface area contributed by atoms with Gasteiger partial charge < -0.3 is 10.2 Å². The summed E-state index contributed by atoms with van der Waals surface area (Å²) in [6.45, 7) is 0.106. The van der Waals surface area contributed by atoms with Crippen LogP contribution in [0, 0.1) is 12.3 Å². The number of nitrogens with one attached hydrogen (secondary N) is 2. The number of carbonyl (C=O) groups is 2. The van der Waals surface area contributed by atoms with Crippen LogP contribution >= 0.6 is 11.3 Å². The molecule has 2 amide bonds. The fourth-order valence-electron chi connectivity index (χ4n) is 3.02. The van der Waals surface area contributed by atoms with Gasteiger partial charge in [0, 0.05) is 35.3 Å². The molecule has 33 heavy (non-hydrogen) atoms. The Labute approximate surface area is 197 Å². The molecule has 170 valence electrons. The lowest BCUT2D eigenvalue weighted by atomic mass is 10.2. The number of thiophene rings is 1. The molecule has 0 spiro atoms. The summed E-state index contributed by atoms with van der Waals surface area (Å²) in [5.74, 6) is 1.71. The highest BCUT2D eigenvalue weighted by molar-refractivity contribution is 7.89. The van der Waals surface area contributed by atoms with E-state index in [1.807, 2.05) is 17.5 Å². The summed E-state index contributed by atoms with van der Waals surface area (Å²) in [6.07, 6.45) is 5.96. The molecule has 0 saturated carbocycles. The molecule has 0 aliphatic carbocycles. The number of amides is 2. The number of nitrogens with zero attached hydrogens (tertiary/aromatic N) is 1.